The van der Waals surface area contributed by atoms with Crippen LogP contribution in [0.4, 0.5) is 0 Å². The van der Waals surface area contributed by atoms with Crippen molar-refractivity contribution in [2.75, 3.05) is 13.2 Å². The second-order valence-electron chi connectivity index (χ2n) is 8.23. The Hall–Kier alpha value is -0.0900. The van der Waals surface area contributed by atoms with Crippen LogP contribution in [0.5, 0.6) is 0 Å². The van der Waals surface area contributed by atoms with Gasteiger partial charge in [-0.2, -0.15) is 0 Å². The molecule has 1 N–H and O–H groups in total. The van der Waals surface area contributed by atoms with Crippen molar-refractivity contribution in [2.24, 2.45) is 17.3 Å². The van der Waals surface area contributed by atoms with Gasteiger partial charge in [0.15, 0.2) is 0 Å². The summed E-state index contributed by atoms with van der Waals surface area (Å²) >= 11 is 4.02. The summed E-state index contributed by atoms with van der Waals surface area (Å²) in [4.78, 5) is 12.4. The maximum Gasteiger partial charge on any atom is 0.220 e. The Bertz CT molecular complexity index is 419. The molecule has 118 valence electrons. The predicted octanol–water partition coefficient (Wildman–Crippen LogP) is 3.41. The molecule has 3 atom stereocenters. The molecule has 1 aliphatic heterocycles. The van der Waals surface area contributed by atoms with Gasteiger partial charge in [-0.25, -0.2) is 0 Å². The summed E-state index contributed by atoms with van der Waals surface area (Å²) in [6.45, 7) is 1.57. The summed E-state index contributed by atoms with van der Waals surface area (Å²) in [5, 5.41) is 3.13. The van der Waals surface area contributed by atoms with Gasteiger partial charge in [-0.3, -0.25) is 4.79 Å². The predicted molar refractivity (Wildman–Crippen MR) is 85.4 cm³/mol. The van der Waals surface area contributed by atoms with Crippen LogP contribution in [-0.4, -0.2) is 29.5 Å². The van der Waals surface area contributed by atoms with Crippen LogP contribution in [0.15, 0.2) is 0 Å². The molecule has 0 aromatic rings. The standard InChI is InChI=1S/C17H26BrNO2/c18-17-7-12-4-13(8-17)6-16(5-12,11-17)9-15(20)19-10-14-2-1-3-21-14/h12-14H,1-11H2,(H,19,20)/t12-,13-,14-,16?,17?/m0/s1. The number of ether oxygens (including phenoxy) is 1. The summed E-state index contributed by atoms with van der Waals surface area (Å²) in [5.74, 6) is 1.97. The highest BCUT2D eigenvalue weighted by Crippen LogP contribution is 2.65. The SMILES string of the molecule is O=C(CC12C[C@@H]3C[C@H](CC(Br)(C3)C1)C2)NC[C@@H]1CCCO1. The Kier molecular flexibility index (Phi) is 3.61. The first-order chi connectivity index (χ1) is 10.0. The van der Waals surface area contributed by atoms with Crippen molar-refractivity contribution in [3.8, 4) is 0 Å². The quantitative estimate of drug-likeness (QED) is 0.784. The largest absolute Gasteiger partial charge is 0.376 e. The number of carbonyl (C=O) groups is 1. The fourth-order valence-corrected chi connectivity index (χ4v) is 7.49. The van der Waals surface area contributed by atoms with E-state index in [1.807, 2.05) is 0 Å². The molecule has 1 saturated heterocycles. The van der Waals surface area contributed by atoms with Crippen molar-refractivity contribution in [3.05, 3.63) is 0 Å². The van der Waals surface area contributed by atoms with Gasteiger partial charge in [-0.15, -0.1) is 0 Å². The fraction of sp³-hybridized carbons (Fsp3) is 0.941. The van der Waals surface area contributed by atoms with Gasteiger partial charge in [0.1, 0.15) is 0 Å². The van der Waals surface area contributed by atoms with E-state index in [1.54, 1.807) is 0 Å². The number of amides is 1. The van der Waals surface area contributed by atoms with E-state index in [1.165, 1.54) is 38.5 Å². The highest BCUT2D eigenvalue weighted by Gasteiger charge is 2.57. The molecule has 0 unspecified atom stereocenters. The van der Waals surface area contributed by atoms with Crippen LogP contribution in [0.1, 0.15) is 57.8 Å². The molecule has 1 amide bonds. The average Bonchev–Trinajstić information content (AvgIpc) is 2.85. The van der Waals surface area contributed by atoms with Crippen molar-refractivity contribution in [3.63, 3.8) is 0 Å². The molecule has 0 radical (unpaired) electrons. The first-order valence-corrected chi connectivity index (χ1v) is 9.41. The number of alkyl halides is 1. The van der Waals surface area contributed by atoms with Gasteiger partial charge in [-0.1, -0.05) is 15.9 Å². The summed E-state index contributed by atoms with van der Waals surface area (Å²) in [6.07, 6.45) is 11.1. The van der Waals surface area contributed by atoms with E-state index in [4.69, 9.17) is 4.74 Å². The minimum Gasteiger partial charge on any atom is -0.376 e. The minimum atomic E-state index is 0.253. The summed E-state index contributed by atoms with van der Waals surface area (Å²) in [7, 11) is 0. The second-order valence-corrected chi connectivity index (χ2v) is 9.91. The molecule has 1 heterocycles. The Morgan fingerprint density at radius 2 is 2.00 bits per heavy atom. The van der Waals surface area contributed by atoms with Crippen molar-refractivity contribution in [2.45, 2.75) is 68.2 Å². The Morgan fingerprint density at radius 1 is 1.24 bits per heavy atom. The molecular formula is C17H26BrNO2. The van der Waals surface area contributed by atoms with E-state index in [9.17, 15) is 4.79 Å². The highest BCUT2D eigenvalue weighted by atomic mass is 79.9. The van der Waals surface area contributed by atoms with Crippen molar-refractivity contribution in [1.29, 1.82) is 0 Å². The van der Waals surface area contributed by atoms with Crippen LogP contribution in [0.25, 0.3) is 0 Å². The third-order valence-electron chi connectivity index (χ3n) is 6.20. The molecule has 5 rings (SSSR count). The smallest absolute Gasteiger partial charge is 0.220 e. The first kappa shape index (κ1) is 14.5. The van der Waals surface area contributed by atoms with E-state index >= 15 is 0 Å². The monoisotopic (exact) mass is 355 g/mol. The van der Waals surface area contributed by atoms with Gasteiger partial charge in [0.25, 0.3) is 0 Å². The molecule has 5 fully saturated rings. The lowest BCUT2D eigenvalue weighted by molar-refractivity contribution is -0.128. The van der Waals surface area contributed by atoms with E-state index in [-0.39, 0.29) is 17.4 Å². The van der Waals surface area contributed by atoms with E-state index in [0.29, 0.717) is 10.9 Å². The van der Waals surface area contributed by atoms with Gasteiger partial charge in [-0.05, 0) is 68.6 Å². The number of hydrogen-bond acceptors (Lipinski definition) is 2. The summed E-state index contributed by atoms with van der Waals surface area (Å²) in [5.41, 5.74) is 0.286. The number of nitrogens with one attached hydrogen (secondary N) is 1. The van der Waals surface area contributed by atoms with Crippen LogP contribution in [-0.2, 0) is 9.53 Å². The maximum absolute atomic E-state index is 12.4. The highest BCUT2D eigenvalue weighted by molar-refractivity contribution is 9.10. The maximum atomic E-state index is 12.4. The molecule has 4 heteroatoms. The molecular weight excluding hydrogens is 330 g/mol. The molecule has 4 saturated carbocycles. The van der Waals surface area contributed by atoms with Gasteiger partial charge in [0, 0.05) is 23.9 Å². The minimum absolute atomic E-state index is 0.253. The van der Waals surface area contributed by atoms with Gasteiger partial charge >= 0.3 is 0 Å². The zero-order valence-corrected chi connectivity index (χ0v) is 14.3. The van der Waals surface area contributed by atoms with Crippen LogP contribution >= 0.6 is 15.9 Å². The number of hydrogen-bond donors (Lipinski definition) is 1. The third-order valence-corrected chi connectivity index (χ3v) is 7.13. The third kappa shape index (κ3) is 2.90. The lowest BCUT2D eigenvalue weighted by atomic mass is 9.48. The summed E-state index contributed by atoms with van der Waals surface area (Å²) < 4.78 is 5.94. The average molecular weight is 356 g/mol. The van der Waals surface area contributed by atoms with Crippen LogP contribution in [0.2, 0.25) is 0 Å². The van der Waals surface area contributed by atoms with Crippen molar-refractivity contribution < 1.29 is 9.53 Å². The van der Waals surface area contributed by atoms with Crippen LogP contribution in [0.3, 0.4) is 0 Å². The zero-order valence-electron chi connectivity index (χ0n) is 12.7. The van der Waals surface area contributed by atoms with Gasteiger partial charge in [0.05, 0.1) is 6.10 Å². The van der Waals surface area contributed by atoms with Crippen LogP contribution in [0, 0.1) is 17.3 Å². The molecule has 5 aliphatic rings. The van der Waals surface area contributed by atoms with Gasteiger partial charge in [0.2, 0.25) is 5.91 Å². The zero-order chi connectivity index (χ0) is 14.5. The Labute approximate surface area is 135 Å². The normalized spacial score (nSPS) is 47.8. The molecule has 4 aliphatic carbocycles. The Morgan fingerprint density at radius 3 is 2.62 bits per heavy atom. The number of carbonyl (C=O) groups excluding carboxylic acids is 1. The van der Waals surface area contributed by atoms with E-state index < -0.39 is 0 Å². The van der Waals surface area contributed by atoms with E-state index in [2.05, 4.69) is 21.2 Å². The summed E-state index contributed by atoms with van der Waals surface area (Å²) in [6, 6.07) is 0. The topological polar surface area (TPSA) is 38.3 Å². The second kappa shape index (κ2) is 5.23. The fourth-order valence-electron chi connectivity index (χ4n) is 5.98. The molecule has 21 heavy (non-hydrogen) atoms. The van der Waals surface area contributed by atoms with E-state index in [0.717, 1.165) is 37.7 Å². The number of rotatable bonds is 4. The molecule has 0 spiro atoms. The van der Waals surface area contributed by atoms with Crippen molar-refractivity contribution in [1.82, 2.24) is 5.32 Å². The molecule has 4 bridgehead atoms. The number of halogens is 1. The lowest BCUT2D eigenvalue weighted by Crippen LogP contribution is -2.54. The van der Waals surface area contributed by atoms with Crippen molar-refractivity contribution >= 4 is 21.8 Å². The molecule has 3 nitrogen and oxygen atoms in total. The lowest BCUT2D eigenvalue weighted by Gasteiger charge is -2.60. The van der Waals surface area contributed by atoms with Gasteiger partial charge < -0.3 is 10.1 Å². The first-order valence-electron chi connectivity index (χ1n) is 8.62. The van der Waals surface area contributed by atoms with Crippen LogP contribution < -0.4 is 5.32 Å². The molecule has 0 aromatic heterocycles. The Balaban J connectivity index is 1.36. The molecule has 0 aromatic carbocycles.